The normalized spacial score (nSPS) is 18.2. The number of ether oxygens (including phenoxy) is 1. The first-order valence-electron chi connectivity index (χ1n) is 6.60. The summed E-state index contributed by atoms with van der Waals surface area (Å²) in [7, 11) is 0. The third kappa shape index (κ3) is 3.06. The van der Waals surface area contributed by atoms with Gasteiger partial charge in [0, 0.05) is 11.6 Å². The lowest BCUT2D eigenvalue weighted by atomic mass is 10.1. The van der Waals surface area contributed by atoms with Crippen molar-refractivity contribution in [2.45, 2.75) is 32.2 Å². The van der Waals surface area contributed by atoms with E-state index >= 15 is 0 Å². The maximum atomic E-state index is 5.74. The summed E-state index contributed by atoms with van der Waals surface area (Å²) >= 11 is 5.49. The number of fused-ring (bicyclic) bond motifs is 1. The van der Waals surface area contributed by atoms with Gasteiger partial charge in [0.25, 0.3) is 0 Å². The second-order valence-electron chi connectivity index (χ2n) is 4.54. The van der Waals surface area contributed by atoms with Crippen molar-refractivity contribution < 1.29 is 4.74 Å². The van der Waals surface area contributed by atoms with Gasteiger partial charge in [-0.3, -0.25) is 0 Å². The number of hydrogen-bond donors (Lipinski definition) is 1. The van der Waals surface area contributed by atoms with Gasteiger partial charge in [0.05, 0.1) is 0 Å². The summed E-state index contributed by atoms with van der Waals surface area (Å²) in [6, 6.07) is 6.82. The molecule has 2 rings (SSSR count). The minimum atomic E-state index is 0.493. The van der Waals surface area contributed by atoms with Crippen LogP contribution in [0.25, 0.3) is 0 Å². The van der Waals surface area contributed by atoms with Crippen molar-refractivity contribution in [1.29, 1.82) is 0 Å². The van der Waals surface area contributed by atoms with E-state index < -0.39 is 0 Å². The fourth-order valence-corrected chi connectivity index (χ4v) is 2.53. The number of nitrogens with one attached hydrogen (secondary N) is 1. The fraction of sp³-hybridized carbons (Fsp3) is 0.467. The second kappa shape index (κ2) is 6.81. The van der Waals surface area contributed by atoms with Crippen molar-refractivity contribution in [3.05, 3.63) is 40.9 Å². The molecule has 2 nitrogen and oxygen atoms in total. The summed E-state index contributed by atoms with van der Waals surface area (Å²) in [5.41, 5.74) is 4.25. The summed E-state index contributed by atoms with van der Waals surface area (Å²) in [6.45, 7) is 3.80. The van der Waals surface area contributed by atoms with Gasteiger partial charge in [-0.1, -0.05) is 30.7 Å². The van der Waals surface area contributed by atoms with Gasteiger partial charge < -0.3 is 10.1 Å². The van der Waals surface area contributed by atoms with Gasteiger partial charge in [0.2, 0.25) is 0 Å². The lowest BCUT2D eigenvalue weighted by Crippen LogP contribution is -2.19. The van der Waals surface area contributed by atoms with Gasteiger partial charge in [0.15, 0.2) is 0 Å². The minimum Gasteiger partial charge on any atom is -0.489 e. The van der Waals surface area contributed by atoms with E-state index in [2.05, 4.69) is 24.4 Å². The van der Waals surface area contributed by atoms with E-state index in [1.54, 1.807) is 0 Å². The topological polar surface area (TPSA) is 21.3 Å². The van der Waals surface area contributed by atoms with Crippen LogP contribution < -0.4 is 10.1 Å². The molecule has 1 aromatic rings. The van der Waals surface area contributed by atoms with E-state index in [0.717, 1.165) is 18.7 Å². The number of rotatable bonds is 6. The molecule has 0 radical (unpaired) electrons. The Hall–Kier alpha value is -0.990. The van der Waals surface area contributed by atoms with Gasteiger partial charge in [-0.05, 0) is 49.1 Å². The third-order valence-corrected chi connectivity index (χ3v) is 3.47. The highest BCUT2D eigenvalue weighted by atomic mass is 35.5. The maximum Gasteiger partial charge on any atom is 0.123 e. The zero-order valence-corrected chi connectivity index (χ0v) is 11.5. The highest BCUT2D eigenvalue weighted by Crippen LogP contribution is 2.36. The van der Waals surface area contributed by atoms with Crippen molar-refractivity contribution in [2.24, 2.45) is 0 Å². The summed E-state index contributed by atoms with van der Waals surface area (Å²) < 4.78 is 5.74. The molecule has 0 spiro atoms. The molecule has 0 amide bonds. The van der Waals surface area contributed by atoms with Crippen LogP contribution in [-0.4, -0.2) is 13.2 Å². The van der Waals surface area contributed by atoms with Crippen LogP contribution in [0.2, 0.25) is 0 Å². The van der Waals surface area contributed by atoms with Gasteiger partial charge in [0.1, 0.15) is 12.4 Å². The molecular weight excluding hydrogens is 246 g/mol. The largest absolute Gasteiger partial charge is 0.489 e. The smallest absolute Gasteiger partial charge is 0.123 e. The van der Waals surface area contributed by atoms with E-state index in [1.807, 2.05) is 12.1 Å². The number of hydrogen-bond acceptors (Lipinski definition) is 2. The molecule has 1 atom stereocenters. The lowest BCUT2D eigenvalue weighted by molar-refractivity contribution is 0.359. The quantitative estimate of drug-likeness (QED) is 0.845. The molecule has 18 heavy (non-hydrogen) atoms. The molecule has 0 aliphatic heterocycles. The molecular formula is C15H20ClNO. The van der Waals surface area contributed by atoms with Crippen molar-refractivity contribution >= 4 is 11.6 Å². The highest BCUT2D eigenvalue weighted by molar-refractivity contribution is 6.25. The van der Waals surface area contributed by atoms with Crippen LogP contribution in [-0.2, 0) is 6.42 Å². The molecule has 0 aromatic heterocycles. The van der Waals surface area contributed by atoms with Crippen LogP contribution in [0.1, 0.15) is 36.9 Å². The standard InChI is InChI=1S/C15H20ClNO/c1-2-10-17-14-8-7-13-12(14)5-3-6-15(13)18-11-4-9-16/h3-6,9,14,17H,2,7-8,10-11H2,1H3. The number of benzene rings is 1. The molecule has 0 fully saturated rings. The Morgan fingerprint density at radius 1 is 1.50 bits per heavy atom. The molecule has 1 aromatic carbocycles. The summed E-state index contributed by atoms with van der Waals surface area (Å²) in [5, 5.41) is 3.59. The Morgan fingerprint density at radius 3 is 3.17 bits per heavy atom. The van der Waals surface area contributed by atoms with E-state index in [4.69, 9.17) is 16.3 Å². The van der Waals surface area contributed by atoms with Gasteiger partial charge >= 0.3 is 0 Å². The molecule has 0 saturated heterocycles. The van der Waals surface area contributed by atoms with E-state index in [0.29, 0.717) is 12.6 Å². The summed E-state index contributed by atoms with van der Waals surface area (Å²) in [5.74, 6) is 1.00. The molecule has 3 heteroatoms. The average Bonchev–Trinajstić information content (AvgIpc) is 2.81. The van der Waals surface area contributed by atoms with Crippen LogP contribution in [0.4, 0.5) is 0 Å². The SMILES string of the molecule is CCCNC1CCc2c(OCC=CCl)cccc21. The van der Waals surface area contributed by atoms with Gasteiger partial charge in [-0.2, -0.15) is 0 Å². The minimum absolute atomic E-state index is 0.493. The Kier molecular flexibility index (Phi) is 5.09. The molecule has 1 unspecified atom stereocenters. The molecule has 0 saturated carbocycles. The predicted molar refractivity (Wildman–Crippen MR) is 76.3 cm³/mol. The highest BCUT2D eigenvalue weighted by Gasteiger charge is 2.24. The molecule has 1 aliphatic rings. The summed E-state index contributed by atoms with van der Waals surface area (Å²) in [6.07, 6.45) is 5.24. The zero-order valence-electron chi connectivity index (χ0n) is 10.8. The first-order valence-corrected chi connectivity index (χ1v) is 7.03. The third-order valence-electron chi connectivity index (χ3n) is 3.29. The average molecular weight is 266 g/mol. The van der Waals surface area contributed by atoms with Crippen molar-refractivity contribution in [1.82, 2.24) is 5.32 Å². The maximum absolute atomic E-state index is 5.74. The first-order chi connectivity index (χ1) is 8.86. The van der Waals surface area contributed by atoms with Gasteiger partial charge in [-0.25, -0.2) is 0 Å². The molecule has 98 valence electrons. The van der Waals surface area contributed by atoms with Crippen LogP contribution in [0, 0.1) is 0 Å². The zero-order chi connectivity index (χ0) is 12.8. The first kappa shape index (κ1) is 13.4. The van der Waals surface area contributed by atoms with Crippen LogP contribution in [0.15, 0.2) is 29.8 Å². The molecule has 0 heterocycles. The monoisotopic (exact) mass is 265 g/mol. The molecule has 1 aliphatic carbocycles. The second-order valence-corrected chi connectivity index (χ2v) is 4.79. The van der Waals surface area contributed by atoms with Crippen LogP contribution >= 0.6 is 11.6 Å². The van der Waals surface area contributed by atoms with Crippen molar-refractivity contribution in [2.75, 3.05) is 13.2 Å². The van der Waals surface area contributed by atoms with E-state index in [-0.39, 0.29) is 0 Å². The van der Waals surface area contributed by atoms with E-state index in [1.165, 1.54) is 29.5 Å². The summed E-state index contributed by atoms with van der Waals surface area (Å²) in [4.78, 5) is 0. The van der Waals surface area contributed by atoms with Crippen LogP contribution in [0.5, 0.6) is 5.75 Å². The Bertz CT molecular complexity index is 417. The predicted octanol–water partition coefficient (Wildman–Crippen LogP) is 3.80. The Morgan fingerprint density at radius 2 is 2.39 bits per heavy atom. The van der Waals surface area contributed by atoms with Crippen molar-refractivity contribution in [3.63, 3.8) is 0 Å². The Labute approximate surface area is 114 Å². The van der Waals surface area contributed by atoms with Crippen LogP contribution in [0.3, 0.4) is 0 Å². The fourth-order valence-electron chi connectivity index (χ4n) is 2.46. The molecule has 0 bridgehead atoms. The van der Waals surface area contributed by atoms with Gasteiger partial charge in [-0.15, -0.1) is 0 Å². The van der Waals surface area contributed by atoms with Crippen molar-refractivity contribution in [3.8, 4) is 5.75 Å². The Balaban J connectivity index is 2.09. The molecule has 1 N–H and O–H groups in total. The number of halogens is 1. The van der Waals surface area contributed by atoms with E-state index in [9.17, 15) is 0 Å². The lowest BCUT2D eigenvalue weighted by Gasteiger charge is -2.14.